The zero-order chi connectivity index (χ0) is 25.4. The monoisotopic (exact) mass is 525 g/mol. The number of likely N-dealkylation sites (tertiary alicyclic amines) is 1. The van der Waals surface area contributed by atoms with Gasteiger partial charge in [0.2, 0.25) is 5.91 Å². The SMILES string of the molecule is COc1ccc(C=C2SC(=S)N(CCC(=O)N3CC4CC(C3)c3cccc(=O)n3C4)C2=O)cc1OC. The number of ether oxygens (including phenoxy) is 2. The van der Waals surface area contributed by atoms with E-state index in [0.717, 1.165) is 17.7 Å². The Bertz CT molecular complexity index is 1320. The lowest BCUT2D eigenvalue weighted by molar-refractivity contribution is -0.134. The van der Waals surface area contributed by atoms with Crippen LogP contribution in [0.4, 0.5) is 0 Å². The van der Waals surface area contributed by atoms with Crippen molar-refractivity contribution in [3.63, 3.8) is 0 Å². The van der Waals surface area contributed by atoms with Crippen molar-refractivity contribution in [3.8, 4) is 11.5 Å². The van der Waals surface area contributed by atoms with Crippen molar-refractivity contribution in [2.45, 2.75) is 25.3 Å². The molecule has 4 heterocycles. The molecule has 0 spiro atoms. The molecule has 8 nitrogen and oxygen atoms in total. The molecule has 1 aromatic carbocycles. The number of rotatable bonds is 6. The fraction of sp³-hybridized carbons (Fsp3) is 0.385. The van der Waals surface area contributed by atoms with Gasteiger partial charge in [-0.05, 0) is 42.2 Å². The molecule has 2 bridgehead atoms. The molecule has 10 heteroatoms. The number of thioether (sulfide) groups is 1. The summed E-state index contributed by atoms with van der Waals surface area (Å²) in [5.74, 6) is 1.42. The number of amides is 2. The van der Waals surface area contributed by atoms with Crippen LogP contribution in [-0.2, 0) is 16.1 Å². The molecule has 5 rings (SSSR count). The standard InChI is InChI=1S/C26H27N3O5S2/c1-33-20-7-6-16(11-21(20)34-2)12-22-25(32)28(26(35)36-22)9-8-23(30)27-13-17-10-18(15-27)19-4-3-5-24(31)29(19)14-17/h3-7,11-12,17-18H,8-10,13-15H2,1-2H3. The van der Waals surface area contributed by atoms with E-state index in [1.54, 1.807) is 44.6 Å². The highest BCUT2D eigenvalue weighted by Gasteiger charge is 2.37. The smallest absolute Gasteiger partial charge is 0.266 e. The number of carbonyl (C=O) groups is 2. The molecule has 2 amide bonds. The highest BCUT2D eigenvalue weighted by Crippen LogP contribution is 2.36. The predicted molar refractivity (Wildman–Crippen MR) is 142 cm³/mol. The number of hydrogen-bond donors (Lipinski definition) is 0. The summed E-state index contributed by atoms with van der Waals surface area (Å²) in [7, 11) is 3.13. The summed E-state index contributed by atoms with van der Waals surface area (Å²) in [5, 5.41) is 0. The number of aromatic nitrogens is 1. The Balaban J connectivity index is 1.23. The molecule has 0 N–H and O–H groups in total. The topological polar surface area (TPSA) is 81.1 Å². The third kappa shape index (κ3) is 4.67. The van der Waals surface area contributed by atoms with Crippen LogP contribution in [0.2, 0.25) is 0 Å². The first-order chi connectivity index (χ1) is 17.4. The van der Waals surface area contributed by atoms with Gasteiger partial charge in [0.05, 0.1) is 19.1 Å². The molecule has 1 aromatic heterocycles. The van der Waals surface area contributed by atoms with E-state index >= 15 is 0 Å². The molecule has 188 valence electrons. The maximum Gasteiger partial charge on any atom is 0.266 e. The molecule has 0 saturated carbocycles. The van der Waals surface area contributed by atoms with Crippen LogP contribution in [0.5, 0.6) is 11.5 Å². The number of pyridine rings is 1. The van der Waals surface area contributed by atoms with E-state index in [1.807, 2.05) is 21.6 Å². The van der Waals surface area contributed by atoms with Gasteiger partial charge in [-0.25, -0.2) is 0 Å². The molecule has 2 unspecified atom stereocenters. The van der Waals surface area contributed by atoms with Gasteiger partial charge in [0.25, 0.3) is 11.5 Å². The Labute approximate surface area is 218 Å². The van der Waals surface area contributed by atoms with Crippen molar-refractivity contribution in [1.29, 1.82) is 0 Å². The second kappa shape index (κ2) is 10.1. The van der Waals surface area contributed by atoms with Gasteiger partial charge >= 0.3 is 0 Å². The summed E-state index contributed by atoms with van der Waals surface area (Å²) in [6.07, 6.45) is 2.97. The number of carbonyl (C=O) groups excluding carboxylic acids is 2. The van der Waals surface area contributed by atoms with Gasteiger partial charge in [-0.1, -0.05) is 36.1 Å². The lowest BCUT2D eigenvalue weighted by Gasteiger charge is -2.42. The van der Waals surface area contributed by atoms with Gasteiger partial charge in [-0.15, -0.1) is 0 Å². The van der Waals surface area contributed by atoms with Crippen LogP contribution in [0.1, 0.15) is 30.0 Å². The van der Waals surface area contributed by atoms with Crippen molar-refractivity contribution in [2.24, 2.45) is 5.92 Å². The summed E-state index contributed by atoms with van der Waals surface area (Å²) < 4.78 is 12.9. The molecular weight excluding hydrogens is 498 g/mol. The second-order valence-electron chi connectivity index (χ2n) is 9.19. The quantitative estimate of drug-likeness (QED) is 0.424. The first-order valence-corrected chi connectivity index (χ1v) is 13.1. The first-order valence-electron chi connectivity index (χ1n) is 11.8. The third-order valence-corrected chi connectivity index (χ3v) is 8.34. The van der Waals surface area contributed by atoms with Gasteiger partial charge in [-0.2, -0.15) is 0 Å². The predicted octanol–water partition coefficient (Wildman–Crippen LogP) is 3.10. The average Bonchev–Trinajstić information content (AvgIpc) is 3.14. The zero-order valence-corrected chi connectivity index (χ0v) is 21.8. The molecule has 2 fully saturated rings. The fourth-order valence-corrected chi connectivity index (χ4v) is 6.56. The molecule has 3 aliphatic heterocycles. The van der Waals surface area contributed by atoms with Crippen LogP contribution >= 0.6 is 24.0 Å². The number of fused-ring (bicyclic) bond motifs is 4. The number of piperidine rings is 1. The van der Waals surface area contributed by atoms with Gasteiger partial charge in [0.15, 0.2) is 11.5 Å². The van der Waals surface area contributed by atoms with E-state index in [2.05, 4.69) is 0 Å². The molecule has 2 saturated heterocycles. The van der Waals surface area contributed by atoms with Crippen LogP contribution in [0, 0.1) is 5.92 Å². The zero-order valence-electron chi connectivity index (χ0n) is 20.1. The summed E-state index contributed by atoms with van der Waals surface area (Å²) in [4.78, 5) is 42.3. The molecule has 2 aromatic rings. The highest BCUT2D eigenvalue weighted by atomic mass is 32.2. The van der Waals surface area contributed by atoms with E-state index in [4.69, 9.17) is 21.7 Å². The number of methoxy groups -OCH3 is 2. The normalized spacial score (nSPS) is 22.1. The van der Waals surface area contributed by atoms with Crippen molar-refractivity contribution in [3.05, 3.63) is 62.9 Å². The van der Waals surface area contributed by atoms with E-state index < -0.39 is 0 Å². The Morgan fingerprint density at radius 2 is 1.92 bits per heavy atom. The maximum atomic E-state index is 13.1. The summed E-state index contributed by atoms with van der Waals surface area (Å²) in [6, 6.07) is 10.8. The third-order valence-electron chi connectivity index (χ3n) is 6.96. The number of thiocarbonyl (C=S) groups is 1. The largest absolute Gasteiger partial charge is 0.493 e. The van der Waals surface area contributed by atoms with E-state index in [9.17, 15) is 14.4 Å². The van der Waals surface area contributed by atoms with Crippen molar-refractivity contribution in [2.75, 3.05) is 33.9 Å². The Morgan fingerprint density at radius 1 is 1.11 bits per heavy atom. The van der Waals surface area contributed by atoms with Crippen LogP contribution in [0.25, 0.3) is 6.08 Å². The fourth-order valence-electron chi connectivity index (χ4n) is 5.25. The lowest BCUT2D eigenvalue weighted by atomic mass is 9.83. The average molecular weight is 526 g/mol. The Morgan fingerprint density at radius 3 is 2.69 bits per heavy atom. The molecule has 2 atom stereocenters. The van der Waals surface area contributed by atoms with E-state index in [1.165, 1.54) is 16.7 Å². The minimum Gasteiger partial charge on any atom is -0.493 e. The van der Waals surface area contributed by atoms with E-state index in [-0.39, 0.29) is 42.2 Å². The molecule has 3 aliphatic rings. The minimum absolute atomic E-state index is 0.00866. The molecule has 36 heavy (non-hydrogen) atoms. The molecule has 0 aliphatic carbocycles. The van der Waals surface area contributed by atoms with Gasteiger partial charge in [0, 0.05) is 50.3 Å². The second-order valence-corrected chi connectivity index (χ2v) is 10.9. The molecule has 0 radical (unpaired) electrons. The van der Waals surface area contributed by atoms with Crippen LogP contribution in [0.15, 0.2) is 46.1 Å². The Kier molecular flexibility index (Phi) is 6.90. The summed E-state index contributed by atoms with van der Waals surface area (Å²) in [5.41, 5.74) is 1.83. The van der Waals surface area contributed by atoms with Gasteiger partial charge in [0.1, 0.15) is 4.32 Å². The van der Waals surface area contributed by atoms with Crippen LogP contribution < -0.4 is 15.0 Å². The van der Waals surface area contributed by atoms with Crippen molar-refractivity contribution in [1.82, 2.24) is 14.4 Å². The van der Waals surface area contributed by atoms with Crippen LogP contribution in [-0.4, -0.2) is 64.4 Å². The summed E-state index contributed by atoms with van der Waals surface area (Å²) in [6.45, 7) is 2.11. The minimum atomic E-state index is -0.198. The molecular formula is C26H27N3O5S2. The maximum absolute atomic E-state index is 13.1. The van der Waals surface area contributed by atoms with Gasteiger partial charge in [-0.3, -0.25) is 19.3 Å². The first kappa shape index (κ1) is 24.6. The Hall–Kier alpha value is -3.11. The highest BCUT2D eigenvalue weighted by molar-refractivity contribution is 8.26. The van der Waals surface area contributed by atoms with Crippen LogP contribution in [0.3, 0.4) is 0 Å². The van der Waals surface area contributed by atoms with Crippen molar-refractivity contribution < 1.29 is 19.1 Å². The summed E-state index contributed by atoms with van der Waals surface area (Å²) >= 11 is 6.69. The lowest BCUT2D eigenvalue weighted by Crippen LogP contribution is -2.49. The van der Waals surface area contributed by atoms with Gasteiger partial charge < -0.3 is 18.9 Å². The number of benzene rings is 1. The van der Waals surface area contributed by atoms with E-state index in [0.29, 0.717) is 40.4 Å². The van der Waals surface area contributed by atoms with Crippen molar-refractivity contribution >= 4 is 46.2 Å². The number of hydrogen-bond acceptors (Lipinski definition) is 7. The number of nitrogens with zero attached hydrogens (tertiary/aromatic N) is 3.